The molecule has 0 atom stereocenters. The van der Waals surface area contributed by atoms with Crippen molar-refractivity contribution in [2.24, 2.45) is 4.99 Å². The molecule has 3 rings (SSSR count). The molecule has 0 saturated heterocycles. The van der Waals surface area contributed by atoms with Crippen LogP contribution in [-0.4, -0.2) is 26.4 Å². The zero-order valence-corrected chi connectivity index (χ0v) is 15.9. The zero-order chi connectivity index (χ0) is 16.9. The summed E-state index contributed by atoms with van der Waals surface area (Å²) in [6.45, 7) is 2.47. The zero-order valence-electron chi connectivity index (χ0n) is 12.7. The van der Waals surface area contributed by atoms with E-state index in [2.05, 4.69) is 15.2 Å². The number of carbonyl (C=O) groups is 1. The van der Waals surface area contributed by atoms with Gasteiger partial charge in [-0.1, -0.05) is 52.9 Å². The molecule has 0 saturated carbocycles. The summed E-state index contributed by atoms with van der Waals surface area (Å²) in [4.78, 5) is 17.0. The highest BCUT2D eigenvalue weighted by atomic mass is 35.5. The van der Waals surface area contributed by atoms with Gasteiger partial charge in [-0.05, 0) is 18.6 Å². The Morgan fingerprint density at radius 3 is 2.96 bits per heavy atom. The number of carbonyl (C=O) groups excluding carboxylic acids is 1. The van der Waals surface area contributed by atoms with Crippen molar-refractivity contribution < 1.29 is 4.79 Å². The number of halogens is 1. The molecule has 0 aliphatic rings. The molecular weight excluding hydrogens is 384 g/mol. The Labute approximate surface area is 156 Å². The normalized spacial score (nSPS) is 11.8. The van der Waals surface area contributed by atoms with Crippen molar-refractivity contribution in [3.63, 3.8) is 0 Å². The average Bonchev–Trinajstić information content (AvgIpc) is 3.17. The summed E-state index contributed by atoms with van der Waals surface area (Å²) in [6, 6.07) is 7.65. The summed E-state index contributed by atoms with van der Waals surface area (Å²) in [5.41, 5.74) is 0.991. The van der Waals surface area contributed by atoms with Crippen LogP contribution in [0.25, 0.3) is 0 Å². The predicted octanol–water partition coefficient (Wildman–Crippen LogP) is 3.63. The lowest BCUT2D eigenvalue weighted by Crippen LogP contribution is -2.17. The number of nitrogens with zero attached hydrogens (tertiary/aromatic N) is 4. The van der Waals surface area contributed by atoms with Crippen LogP contribution in [0.5, 0.6) is 0 Å². The minimum absolute atomic E-state index is 0.191. The second kappa shape index (κ2) is 8.06. The highest BCUT2D eigenvalue weighted by molar-refractivity contribution is 8.01. The molecule has 3 aromatic rings. The molecule has 1 amide bonds. The average molecular weight is 397 g/mol. The van der Waals surface area contributed by atoms with Gasteiger partial charge in [0.15, 0.2) is 9.14 Å². The van der Waals surface area contributed by atoms with Crippen LogP contribution >= 0.6 is 46.0 Å². The molecule has 2 heterocycles. The molecule has 124 valence electrons. The molecule has 0 aliphatic heterocycles. The number of aromatic nitrogens is 3. The van der Waals surface area contributed by atoms with Gasteiger partial charge in [0, 0.05) is 16.6 Å². The number of amides is 1. The Bertz CT molecular complexity index is 915. The Morgan fingerprint density at radius 2 is 2.21 bits per heavy atom. The molecule has 0 spiro atoms. The van der Waals surface area contributed by atoms with E-state index in [1.54, 1.807) is 0 Å². The first-order valence-electron chi connectivity index (χ1n) is 6.99. The van der Waals surface area contributed by atoms with Crippen LogP contribution in [0.1, 0.15) is 10.6 Å². The van der Waals surface area contributed by atoms with E-state index in [1.165, 1.54) is 34.4 Å². The standard InChI is InChI=1S/C15H13ClN4OS3/c1-10-18-19-15(24-10)23-9-13(21)17-14-20(6-7-22-14)8-11-4-2-3-5-12(11)16/h2-7H,8-9H2,1H3. The van der Waals surface area contributed by atoms with E-state index in [4.69, 9.17) is 11.6 Å². The van der Waals surface area contributed by atoms with Gasteiger partial charge in [-0.2, -0.15) is 4.99 Å². The maximum atomic E-state index is 12.1. The van der Waals surface area contributed by atoms with Gasteiger partial charge in [-0.15, -0.1) is 21.5 Å². The van der Waals surface area contributed by atoms with Crippen LogP contribution in [0.3, 0.4) is 0 Å². The van der Waals surface area contributed by atoms with Gasteiger partial charge in [0.05, 0.1) is 12.3 Å². The molecule has 24 heavy (non-hydrogen) atoms. The third-order valence-corrected chi connectivity index (χ3v) is 6.13. The van der Waals surface area contributed by atoms with Crippen molar-refractivity contribution in [1.29, 1.82) is 0 Å². The lowest BCUT2D eigenvalue weighted by Gasteiger charge is -2.05. The third kappa shape index (κ3) is 4.54. The molecule has 9 heteroatoms. The summed E-state index contributed by atoms with van der Waals surface area (Å²) in [7, 11) is 0. The lowest BCUT2D eigenvalue weighted by atomic mass is 10.2. The second-order valence-electron chi connectivity index (χ2n) is 4.79. The Kier molecular flexibility index (Phi) is 5.83. The molecule has 2 aromatic heterocycles. The lowest BCUT2D eigenvalue weighted by molar-refractivity contribution is -0.115. The van der Waals surface area contributed by atoms with Crippen molar-refractivity contribution in [2.75, 3.05) is 5.75 Å². The van der Waals surface area contributed by atoms with Crippen molar-refractivity contribution in [3.8, 4) is 0 Å². The van der Waals surface area contributed by atoms with E-state index >= 15 is 0 Å². The third-order valence-electron chi connectivity index (χ3n) is 3.01. The van der Waals surface area contributed by atoms with Crippen molar-refractivity contribution in [3.05, 3.63) is 56.2 Å². The Morgan fingerprint density at radius 1 is 1.38 bits per heavy atom. The van der Waals surface area contributed by atoms with Crippen LogP contribution in [0.4, 0.5) is 0 Å². The van der Waals surface area contributed by atoms with Crippen LogP contribution in [0.2, 0.25) is 5.02 Å². The summed E-state index contributed by atoms with van der Waals surface area (Å²) < 4.78 is 2.70. The topological polar surface area (TPSA) is 60.1 Å². The summed E-state index contributed by atoms with van der Waals surface area (Å²) in [5.74, 6) is 0.0572. The molecule has 0 bridgehead atoms. The number of aryl methyl sites for hydroxylation is 1. The number of hydrogen-bond donors (Lipinski definition) is 0. The fourth-order valence-corrected chi connectivity index (χ4v) is 4.46. The maximum absolute atomic E-state index is 12.1. The molecule has 0 aliphatic carbocycles. The summed E-state index contributed by atoms with van der Waals surface area (Å²) in [6.07, 6.45) is 1.90. The largest absolute Gasteiger partial charge is 0.319 e. The van der Waals surface area contributed by atoms with Gasteiger partial charge in [-0.25, -0.2) is 0 Å². The van der Waals surface area contributed by atoms with E-state index in [1.807, 2.05) is 47.3 Å². The van der Waals surface area contributed by atoms with Gasteiger partial charge >= 0.3 is 0 Å². The highest BCUT2D eigenvalue weighted by Crippen LogP contribution is 2.21. The first-order valence-corrected chi connectivity index (χ1v) is 10.1. The quantitative estimate of drug-likeness (QED) is 0.618. The minimum atomic E-state index is -0.191. The number of thioether (sulfide) groups is 1. The van der Waals surface area contributed by atoms with Crippen molar-refractivity contribution >= 4 is 51.9 Å². The highest BCUT2D eigenvalue weighted by Gasteiger charge is 2.07. The number of thiazole rings is 1. The number of benzene rings is 1. The van der Waals surface area contributed by atoms with Gasteiger partial charge in [-0.3, -0.25) is 4.79 Å². The van der Waals surface area contributed by atoms with Gasteiger partial charge in [0.1, 0.15) is 5.01 Å². The first kappa shape index (κ1) is 17.3. The second-order valence-corrected chi connectivity index (χ2v) is 8.47. The van der Waals surface area contributed by atoms with Gasteiger partial charge in [0.2, 0.25) is 0 Å². The molecule has 0 N–H and O–H groups in total. The van der Waals surface area contributed by atoms with E-state index < -0.39 is 0 Å². The van der Waals surface area contributed by atoms with E-state index in [0.29, 0.717) is 16.4 Å². The molecule has 5 nitrogen and oxygen atoms in total. The summed E-state index contributed by atoms with van der Waals surface area (Å²) in [5, 5.41) is 11.4. The minimum Gasteiger partial charge on any atom is -0.319 e. The Balaban J connectivity index is 1.70. The fourth-order valence-electron chi connectivity index (χ4n) is 1.92. The Hall–Kier alpha value is -1.48. The SMILES string of the molecule is Cc1nnc(SCC(=O)N=c2sccn2Cc2ccccc2Cl)s1. The molecule has 0 fully saturated rings. The molecule has 0 radical (unpaired) electrons. The van der Waals surface area contributed by atoms with E-state index in [-0.39, 0.29) is 11.7 Å². The van der Waals surface area contributed by atoms with Crippen molar-refractivity contribution in [2.45, 2.75) is 17.8 Å². The van der Waals surface area contributed by atoms with Gasteiger partial charge < -0.3 is 4.57 Å². The predicted molar refractivity (Wildman–Crippen MR) is 98.8 cm³/mol. The van der Waals surface area contributed by atoms with Crippen LogP contribution in [0, 0.1) is 6.92 Å². The summed E-state index contributed by atoms with van der Waals surface area (Å²) >= 11 is 10.5. The van der Waals surface area contributed by atoms with Crippen LogP contribution < -0.4 is 4.80 Å². The van der Waals surface area contributed by atoms with E-state index in [0.717, 1.165) is 14.9 Å². The van der Waals surface area contributed by atoms with E-state index in [9.17, 15) is 4.79 Å². The van der Waals surface area contributed by atoms with Crippen LogP contribution in [-0.2, 0) is 11.3 Å². The first-order chi connectivity index (χ1) is 11.6. The fraction of sp³-hybridized carbons (Fsp3) is 0.200. The van der Waals surface area contributed by atoms with Gasteiger partial charge in [0.25, 0.3) is 5.91 Å². The number of hydrogen-bond acceptors (Lipinski definition) is 6. The monoisotopic (exact) mass is 396 g/mol. The molecule has 1 aromatic carbocycles. The smallest absolute Gasteiger partial charge is 0.258 e. The molecular formula is C15H13ClN4OS3. The number of rotatable bonds is 5. The molecule has 0 unspecified atom stereocenters. The maximum Gasteiger partial charge on any atom is 0.258 e. The van der Waals surface area contributed by atoms with Crippen LogP contribution in [0.15, 0.2) is 45.2 Å². The van der Waals surface area contributed by atoms with Crippen molar-refractivity contribution in [1.82, 2.24) is 14.8 Å².